The van der Waals surface area contributed by atoms with Gasteiger partial charge < -0.3 is 9.47 Å². The molecule has 0 amide bonds. The van der Waals surface area contributed by atoms with E-state index in [9.17, 15) is 26.3 Å². The standard InChI is InChI=1S/C28H30F6O2/c1-35-22-15-25(31)27(26(32)16-22)19-8-4-17(5-9-19)2-3-18-6-10-20(11-7-18)28(33,34)36-21-12-13-23(29)24(30)14-21/h2-3,12-20H,4-11H2,1H3/b3-2+. The van der Waals surface area contributed by atoms with Crippen molar-refractivity contribution in [2.45, 2.75) is 63.4 Å². The van der Waals surface area contributed by atoms with Crippen molar-refractivity contribution in [3.05, 3.63) is 71.3 Å². The van der Waals surface area contributed by atoms with Crippen LogP contribution in [0.25, 0.3) is 0 Å². The van der Waals surface area contributed by atoms with Gasteiger partial charge in [0.25, 0.3) is 0 Å². The number of methoxy groups -OCH3 is 1. The highest BCUT2D eigenvalue weighted by molar-refractivity contribution is 5.33. The summed E-state index contributed by atoms with van der Waals surface area (Å²) in [5.41, 5.74) is 0.128. The van der Waals surface area contributed by atoms with Gasteiger partial charge in [-0.3, -0.25) is 0 Å². The van der Waals surface area contributed by atoms with Gasteiger partial charge in [0.05, 0.1) is 13.0 Å². The fourth-order valence-electron chi connectivity index (χ4n) is 5.41. The molecule has 0 spiro atoms. The van der Waals surface area contributed by atoms with Gasteiger partial charge in [-0.15, -0.1) is 0 Å². The first-order chi connectivity index (χ1) is 17.2. The highest BCUT2D eigenvalue weighted by Crippen LogP contribution is 2.42. The first kappa shape index (κ1) is 26.4. The molecule has 8 heteroatoms. The average Bonchev–Trinajstić information content (AvgIpc) is 2.85. The Morgan fingerprint density at radius 1 is 0.694 bits per heavy atom. The van der Waals surface area contributed by atoms with Crippen molar-refractivity contribution >= 4 is 0 Å². The largest absolute Gasteiger partial charge is 0.497 e. The lowest BCUT2D eigenvalue weighted by atomic mass is 9.77. The van der Waals surface area contributed by atoms with Crippen molar-refractivity contribution < 1.29 is 35.8 Å². The molecule has 2 aromatic rings. The van der Waals surface area contributed by atoms with Crippen LogP contribution in [0.1, 0.15) is 62.8 Å². The first-order valence-corrected chi connectivity index (χ1v) is 12.4. The van der Waals surface area contributed by atoms with Gasteiger partial charge in [0.1, 0.15) is 23.1 Å². The third kappa shape index (κ3) is 6.19. The Balaban J connectivity index is 1.25. The van der Waals surface area contributed by atoms with Gasteiger partial charge in [0, 0.05) is 23.8 Å². The summed E-state index contributed by atoms with van der Waals surface area (Å²) in [5.74, 6) is -4.44. The summed E-state index contributed by atoms with van der Waals surface area (Å²) < 4.78 is 94.0. The van der Waals surface area contributed by atoms with Crippen LogP contribution in [0.2, 0.25) is 0 Å². The number of benzene rings is 2. The van der Waals surface area contributed by atoms with E-state index in [1.54, 1.807) is 0 Å². The molecule has 0 heterocycles. The fourth-order valence-corrected chi connectivity index (χ4v) is 5.41. The molecule has 0 aromatic heterocycles. The lowest BCUT2D eigenvalue weighted by Crippen LogP contribution is -2.37. The lowest BCUT2D eigenvalue weighted by Gasteiger charge is -2.32. The van der Waals surface area contributed by atoms with Crippen molar-refractivity contribution in [1.82, 2.24) is 0 Å². The zero-order chi connectivity index (χ0) is 25.9. The van der Waals surface area contributed by atoms with Crippen LogP contribution in [-0.4, -0.2) is 13.2 Å². The first-order valence-electron chi connectivity index (χ1n) is 12.4. The molecule has 4 rings (SSSR count). The number of rotatable bonds is 7. The van der Waals surface area contributed by atoms with E-state index in [1.165, 1.54) is 19.2 Å². The van der Waals surface area contributed by atoms with Crippen LogP contribution in [0.4, 0.5) is 26.3 Å². The summed E-state index contributed by atoms with van der Waals surface area (Å²) >= 11 is 0. The van der Waals surface area contributed by atoms with Crippen molar-refractivity contribution in [3.63, 3.8) is 0 Å². The molecular formula is C28H30F6O2. The molecule has 36 heavy (non-hydrogen) atoms. The minimum absolute atomic E-state index is 0.128. The summed E-state index contributed by atoms with van der Waals surface area (Å²) in [7, 11) is 1.37. The minimum Gasteiger partial charge on any atom is -0.497 e. The molecule has 196 valence electrons. The normalized spacial score (nSPS) is 25.2. The fraction of sp³-hybridized carbons (Fsp3) is 0.500. The maximum Gasteiger partial charge on any atom is 0.400 e. The highest BCUT2D eigenvalue weighted by Gasteiger charge is 2.43. The predicted octanol–water partition coefficient (Wildman–Crippen LogP) is 8.56. The summed E-state index contributed by atoms with van der Waals surface area (Å²) in [6.45, 7) is 0. The van der Waals surface area contributed by atoms with Crippen LogP contribution < -0.4 is 9.47 Å². The van der Waals surface area contributed by atoms with Crippen molar-refractivity contribution in [3.8, 4) is 11.5 Å². The van der Waals surface area contributed by atoms with Gasteiger partial charge in [-0.1, -0.05) is 12.2 Å². The zero-order valence-electron chi connectivity index (χ0n) is 20.1. The summed E-state index contributed by atoms with van der Waals surface area (Å²) in [5, 5.41) is 0. The molecule has 0 bridgehead atoms. The summed E-state index contributed by atoms with van der Waals surface area (Å²) in [4.78, 5) is 0. The molecule has 0 unspecified atom stereocenters. The number of hydrogen-bond donors (Lipinski definition) is 0. The summed E-state index contributed by atoms with van der Waals surface area (Å²) in [6.07, 6.45) is 5.38. The Kier molecular flexibility index (Phi) is 8.20. The van der Waals surface area contributed by atoms with Crippen LogP contribution in [-0.2, 0) is 0 Å². The quantitative estimate of drug-likeness (QED) is 0.273. The highest BCUT2D eigenvalue weighted by atomic mass is 19.3. The molecule has 2 saturated carbocycles. The molecule has 2 nitrogen and oxygen atoms in total. The van der Waals surface area contributed by atoms with Crippen molar-refractivity contribution in [1.29, 1.82) is 0 Å². The Morgan fingerprint density at radius 2 is 1.22 bits per heavy atom. The zero-order valence-corrected chi connectivity index (χ0v) is 20.1. The van der Waals surface area contributed by atoms with E-state index in [0.29, 0.717) is 37.7 Å². The van der Waals surface area contributed by atoms with E-state index in [1.807, 2.05) is 0 Å². The molecule has 0 N–H and O–H groups in total. The number of alkyl halides is 2. The Hall–Kier alpha value is -2.64. The van der Waals surface area contributed by atoms with E-state index in [2.05, 4.69) is 12.2 Å². The van der Waals surface area contributed by atoms with E-state index >= 15 is 0 Å². The average molecular weight is 513 g/mol. The van der Waals surface area contributed by atoms with Gasteiger partial charge in [-0.2, -0.15) is 8.78 Å². The molecule has 2 aromatic carbocycles. The third-order valence-corrected chi connectivity index (χ3v) is 7.52. The van der Waals surface area contributed by atoms with Gasteiger partial charge in [-0.25, -0.2) is 17.6 Å². The second-order valence-corrected chi connectivity index (χ2v) is 9.85. The molecule has 0 aliphatic heterocycles. The van der Waals surface area contributed by atoms with Crippen LogP contribution in [0.15, 0.2) is 42.5 Å². The van der Waals surface area contributed by atoms with Crippen LogP contribution in [0.5, 0.6) is 11.5 Å². The maximum atomic E-state index is 14.6. The maximum absolute atomic E-state index is 14.6. The predicted molar refractivity (Wildman–Crippen MR) is 124 cm³/mol. The van der Waals surface area contributed by atoms with Crippen LogP contribution in [0, 0.1) is 41.0 Å². The molecular weight excluding hydrogens is 482 g/mol. The molecule has 0 atom stereocenters. The molecule has 2 aliphatic rings. The van der Waals surface area contributed by atoms with Crippen LogP contribution >= 0.6 is 0 Å². The van der Waals surface area contributed by atoms with Gasteiger partial charge in [0.15, 0.2) is 11.6 Å². The second kappa shape index (κ2) is 11.2. The summed E-state index contributed by atoms with van der Waals surface area (Å²) in [6, 6.07) is 4.82. The Bertz CT molecular complexity index is 1050. The number of ether oxygens (including phenoxy) is 2. The Labute approximate surface area is 207 Å². The molecule has 2 aliphatic carbocycles. The van der Waals surface area contributed by atoms with E-state index in [-0.39, 0.29) is 36.0 Å². The molecule has 2 fully saturated rings. The number of hydrogen-bond acceptors (Lipinski definition) is 2. The van der Waals surface area contributed by atoms with Gasteiger partial charge >= 0.3 is 6.11 Å². The number of halogens is 6. The van der Waals surface area contributed by atoms with Gasteiger partial charge in [-0.05, 0) is 81.3 Å². The van der Waals surface area contributed by atoms with Crippen LogP contribution in [0.3, 0.4) is 0 Å². The monoisotopic (exact) mass is 512 g/mol. The van der Waals surface area contributed by atoms with Gasteiger partial charge in [0.2, 0.25) is 0 Å². The second-order valence-electron chi connectivity index (χ2n) is 9.85. The topological polar surface area (TPSA) is 18.5 Å². The van der Waals surface area contributed by atoms with Crippen molar-refractivity contribution in [2.75, 3.05) is 7.11 Å². The Morgan fingerprint density at radius 3 is 1.75 bits per heavy atom. The third-order valence-electron chi connectivity index (χ3n) is 7.52. The molecule has 0 saturated heterocycles. The SMILES string of the molecule is COc1cc(F)c(C2CCC(/C=C/C3CCC(C(F)(F)Oc4ccc(F)c(F)c4)CC3)CC2)c(F)c1. The van der Waals surface area contributed by atoms with E-state index in [4.69, 9.17) is 9.47 Å². The smallest absolute Gasteiger partial charge is 0.400 e. The number of allylic oxidation sites excluding steroid dienone is 2. The lowest BCUT2D eigenvalue weighted by molar-refractivity contribution is -0.223. The van der Waals surface area contributed by atoms with E-state index < -0.39 is 41.0 Å². The van der Waals surface area contributed by atoms with E-state index in [0.717, 1.165) is 25.0 Å². The molecule has 0 radical (unpaired) electrons. The minimum atomic E-state index is -3.47. The van der Waals surface area contributed by atoms with Crippen molar-refractivity contribution in [2.24, 2.45) is 17.8 Å².